The van der Waals surface area contributed by atoms with Crippen molar-refractivity contribution in [3.05, 3.63) is 72.5 Å². The number of para-hydroxylation sites is 2. The van der Waals surface area contributed by atoms with Gasteiger partial charge in [-0.15, -0.1) is 0 Å². The van der Waals surface area contributed by atoms with Crippen molar-refractivity contribution in [2.75, 3.05) is 18.4 Å². The monoisotopic (exact) mass is 406 g/mol. The van der Waals surface area contributed by atoms with Gasteiger partial charge in [0, 0.05) is 31.6 Å². The summed E-state index contributed by atoms with van der Waals surface area (Å²) in [6.45, 7) is 0.902. The molecule has 3 aromatic rings. The highest BCUT2D eigenvalue weighted by atomic mass is 16.5. The van der Waals surface area contributed by atoms with E-state index in [0.29, 0.717) is 43.1 Å². The molecule has 7 heteroatoms. The molecule has 2 N–H and O–H groups in total. The van der Waals surface area contributed by atoms with Crippen LogP contribution in [0.3, 0.4) is 0 Å². The van der Waals surface area contributed by atoms with E-state index in [1.165, 1.54) is 4.90 Å². The van der Waals surface area contributed by atoms with Crippen LogP contribution in [0.5, 0.6) is 5.75 Å². The number of anilines is 1. The quantitative estimate of drug-likeness (QED) is 0.640. The molecule has 0 aliphatic carbocycles. The zero-order valence-electron chi connectivity index (χ0n) is 16.3. The van der Waals surface area contributed by atoms with Gasteiger partial charge in [-0.1, -0.05) is 30.3 Å². The van der Waals surface area contributed by atoms with E-state index in [-0.39, 0.29) is 17.8 Å². The van der Waals surface area contributed by atoms with Crippen molar-refractivity contribution in [1.82, 2.24) is 4.90 Å². The van der Waals surface area contributed by atoms with Gasteiger partial charge in [0.2, 0.25) is 0 Å². The molecular formula is C23H22N2O5. The fourth-order valence-corrected chi connectivity index (χ4v) is 3.44. The van der Waals surface area contributed by atoms with E-state index in [4.69, 9.17) is 14.3 Å². The van der Waals surface area contributed by atoms with Crippen molar-refractivity contribution in [3.8, 4) is 17.1 Å². The van der Waals surface area contributed by atoms with Crippen molar-refractivity contribution < 1.29 is 23.8 Å². The van der Waals surface area contributed by atoms with E-state index in [9.17, 15) is 9.59 Å². The smallest absolute Gasteiger partial charge is 0.407 e. The number of likely N-dealkylation sites (tertiary alicyclic amines) is 1. The number of ether oxygens (including phenoxy) is 1. The van der Waals surface area contributed by atoms with E-state index in [0.717, 1.165) is 5.56 Å². The number of furan rings is 1. The van der Waals surface area contributed by atoms with Crippen LogP contribution in [0.15, 0.2) is 71.1 Å². The van der Waals surface area contributed by atoms with Crippen molar-refractivity contribution in [1.29, 1.82) is 0 Å². The maximum Gasteiger partial charge on any atom is 0.407 e. The maximum absolute atomic E-state index is 12.5. The Hall–Kier alpha value is -3.74. The number of carbonyl (C=O) groups excluding carboxylic acids is 1. The summed E-state index contributed by atoms with van der Waals surface area (Å²) >= 11 is 0. The third-order valence-electron chi connectivity index (χ3n) is 5.02. The van der Waals surface area contributed by atoms with Crippen LogP contribution in [-0.4, -0.2) is 41.2 Å². The average molecular weight is 406 g/mol. The van der Waals surface area contributed by atoms with E-state index >= 15 is 0 Å². The highest BCUT2D eigenvalue weighted by molar-refractivity contribution is 6.02. The number of nitrogens with zero attached hydrogens (tertiary/aromatic N) is 1. The molecule has 2 heterocycles. The number of nitrogens with one attached hydrogen (secondary N) is 1. The van der Waals surface area contributed by atoms with Gasteiger partial charge in [0.25, 0.3) is 5.91 Å². The molecule has 2 amide bonds. The summed E-state index contributed by atoms with van der Waals surface area (Å²) < 4.78 is 12.0. The van der Waals surface area contributed by atoms with Gasteiger partial charge in [0.15, 0.2) is 5.76 Å². The van der Waals surface area contributed by atoms with Crippen molar-refractivity contribution in [2.45, 2.75) is 18.9 Å². The standard InChI is InChI=1S/C23H22N2O5/c26-22(24-16-6-2-1-3-7-16)21-11-10-20(30-21)18-8-4-5-9-19(18)29-17-12-14-25(15-13-17)23(27)28/h1-11,17H,12-15H2,(H,24,26)(H,27,28). The SMILES string of the molecule is O=C(Nc1ccccc1)c1ccc(-c2ccccc2OC2CCN(C(=O)O)CC2)o1. The van der Waals surface area contributed by atoms with Gasteiger partial charge < -0.3 is 24.5 Å². The van der Waals surface area contributed by atoms with Gasteiger partial charge in [-0.2, -0.15) is 0 Å². The Morgan fingerprint density at radius 3 is 2.40 bits per heavy atom. The molecule has 1 aromatic heterocycles. The molecule has 0 unspecified atom stereocenters. The van der Waals surface area contributed by atoms with E-state index in [1.54, 1.807) is 24.3 Å². The molecule has 0 atom stereocenters. The molecule has 0 bridgehead atoms. The molecule has 1 aliphatic heterocycles. The third-order valence-corrected chi connectivity index (χ3v) is 5.02. The lowest BCUT2D eigenvalue weighted by Crippen LogP contribution is -2.41. The molecule has 1 fully saturated rings. The number of piperidine rings is 1. The van der Waals surface area contributed by atoms with Crippen molar-refractivity contribution >= 4 is 17.7 Å². The molecule has 0 saturated carbocycles. The zero-order chi connectivity index (χ0) is 20.9. The predicted octanol–water partition coefficient (Wildman–Crippen LogP) is 4.72. The van der Waals surface area contributed by atoms with Gasteiger partial charge in [-0.05, 0) is 36.4 Å². The lowest BCUT2D eigenvalue weighted by Gasteiger charge is -2.30. The molecule has 154 valence electrons. The third kappa shape index (κ3) is 4.46. The number of rotatable bonds is 5. The summed E-state index contributed by atoms with van der Waals surface area (Å²) in [5.74, 6) is 1.06. The van der Waals surface area contributed by atoms with Crippen LogP contribution in [0, 0.1) is 0 Å². The van der Waals surface area contributed by atoms with Crippen LogP contribution < -0.4 is 10.1 Å². The van der Waals surface area contributed by atoms with Gasteiger partial charge >= 0.3 is 6.09 Å². The molecule has 30 heavy (non-hydrogen) atoms. The minimum Gasteiger partial charge on any atom is -0.490 e. The zero-order valence-corrected chi connectivity index (χ0v) is 16.3. The van der Waals surface area contributed by atoms with Gasteiger partial charge in [0.05, 0.1) is 5.56 Å². The summed E-state index contributed by atoms with van der Waals surface area (Å²) in [6.07, 6.45) is 0.288. The minimum absolute atomic E-state index is 0.0717. The number of hydrogen-bond donors (Lipinski definition) is 2. The van der Waals surface area contributed by atoms with Crippen LogP contribution in [0.4, 0.5) is 10.5 Å². The Kier molecular flexibility index (Phi) is 5.70. The van der Waals surface area contributed by atoms with Gasteiger partial charge in [-0.25, -0.2) is 4.79 Å². The Labute approximate surface area is 173 Å². The van der Waals surface area contributed by atoms with E-state index in [2.05, 4.69) is 5.32 Å². The van der Waals surface area contributed by atoms with Gasteiger partial charge in [0.1, 0.15) is 17.6 Å². The summed E-state index contributed by atoms with van der Waals surface area (Å²) in [5.41, 5.74) is 1.44. The Balaban J connectivity index is 1.46. The van der Waals surface area contributed by atoms with Crippen molar-refractivity contribution in [3.63, 3.8) is 0 Å². The second kappa shape index (κ2) is 8.73. The normalized spacial score (nSPS) is 14.3. The van der Waals surface area contributed by atoms with Crippen LogP contribution in [0.1, 0.15) is 23.4 Å². The fraction of sp³-hybridized carbons (Fsp3) is 0.217. The van der Waals surface area contributed by atoms with Crippen molar-refractivity contribution in [2.24, 2.45) is 0 Å². The van der Waals surface area contributed by atoms with Gasteiger partial charge in [-0.3, -0.25) is 4.79 Å². The molecule has 1 saturated heterocycles. The van der Waals surface area contributed by atoms with E-state index in [1.807, 2.05) is 42.5 Å². The number of amides is 2. The highest BCUT2D eigenvalue weighted by Crippen LogP contribution is 2.33. The molecule has 0 radical (unpaired) electrons. The maximum atomic E-state index is 12.5. The fourth-order valence-electron chi connectivity index (χ4n) is 3.44. The molecule has 4 rings (SSSR count). The number of carboxylic acid groups (broad SMARTS) is 1. The molecular weight excluding hydrogens is 384 g/mol. The number of hydrogen-bond acceptors (Lipinski definition) is 4. The largest absolute Gasteiger partial charge is 0.490 e. The number of carbonyl (C=O) groups is 2. The second-order valence-electron chi connectivity index (χ2n) is 7.07. The second-order valence-corrected chi connectivity index (χ2v) is 7.07. The Morgan fingerprint density at radius 1 is 0.967 bits per heavy atom. The van der Waals surface area contributed by atoms with Crippen LogP contribution in [0.25, 0.3) is 11.3 Å². The molecule has 7 nitrogen and oxygen atoms in total. The highest BCUT2D eigenvalue weighted by Gasteiger charge is 2.24. The Morgan fingerprint density at radius 2 is 1.67 bits per heavy atom. The molecule has 2 aromatic carbocycles. The van der Waals surface area contributed by atoms with Crippen LogP contribution >= 0.6 is 0 Å². The van der Waals surface area contributed by atoms with Crippen LogP contribution in [0.2, 0.25) is 0 Å². The summed E-state index contributed by atoms with van der Waals surface area (Å²) in [5, 5.41) is 11.9. The predicted molar refractivity (Wildman–Crippen MR) is 112 cm³/mol. The summed E-state index contributed by atoms with van der Waals surface area (Å²) in [4.78, 5) is 24.9. The first-order valence-corrected chi connectivity index (χ1v) is 9.80. The van der Waals surface area contributed by atoms with Crippen LogP contribution in [-0.2, 0) is 0 Å². The van der Waals surface area contributed by atoms with E-state index < -0.39 is 6.09 Å². The summed E-state index contributed by atoms with van der Waals surface area (Å²) in [7, 11) is 0. The topological polar surface area (TPSA) is 92.0 Å². The molecule has 1 aliphatic rings. The first-order chi connectivity index (χ1) is 14.6. The number of benzene rings is 2. The average Bonchev–Trinajstić information content (AvgIpc) is 3.25. The lowest BCUT2D eigenvalue weighted by atomic mass is 10.1. The summed E-state index contributed by atoms with van der Waals surface area (Å²) in [6, 6.07) is 20.0. The lowest BCUT2D eigenvalue weighted by molar-refractivity contribution is 0.0895. The molecule has 0 spiro atoms. The Bertz CT molecular complexity index is 1020. The first-order valence-electron chi connectivity index (χ1n) is 9.80. The first kappa shape index (κ1) is 19.6. The minimum atomic E-state index is -0.897.